The van der Waals surface area contributed by atoms with Gasteiger partial charge < -0.3 is 20.7 Å². The molecule has 1 amide bonds. The van der Waals surface area contributed by atoms with E-state index in [2.05, 4.69) is 31.8 Å². The molecule has 45 heavy (non-hydrogen) atoms. The third kappa shape index (κ3) is 7.96. The standard InChI is InChI=1S/C32H46N8O4S/c1-20-9-10-22(31(41)36-27-16-23(32(3,4)5)17-28(30(27)44-7)37-45(8,42)43)15-29(20)39(34)19-26(33)25-18-35-40(21(25)2)24-11-13-38(6)14-12-24/h9-10,15-19,24,37H,11-14,33-34H2,1-8H3,(H,36,41)/b26-19-. The number of likely N-dealkylation sites (tertiary alicyclic amines) is 1. The molecule has 0 aliphatic carbocycles. The number of nitrogens with one attached hydrogen (secondary N) is 2. The molecule has 0 radical (unpaired) electrons. The first-order chi connectivity index (χ1) is 21.0. The molecule has 1 aliphatic rings. The fourth-order valence-electron chi connectivity index (χ4n) is 5.48. The molecule has 2 heterocycles. The van der Waals surface area contributed by atoms with Gasteiger partial charge in [0.1, 0.15) is 0 Å². The normalized spacial score (nSPS) is 15.2. The average Bonchev–Trinajstić information content (AvgIpc) is 3.33. The molecule has 2 aromatic carbocycles. The number of nitrogens with zero attached hydrogens (tertiary/aromatic N) is 4. The molecule has 0 bridgehead atoms. The van der Waals surface area contributed by atoms with Crippen LogP contribution in [0.15, 0.2) is 42.7 Å². The van der Waals surface area contributed by atoms with Gasteiger partial charge in [-0.15, -0.1) is 0 Å². The van der Waals surface area contributed by atoms with Crippen molar-refractivity contribution in [2.24, 2.45) is 11.6 Å². The number of amides is 1. The van der Waals surface area contributed by atoms with Crippen molar-refractivity contribution in [3.63, 3.8) is 0 Å². The van der Waals surface area contributed by atoms with Crippen molar-refractivity contribution in [2.75, 3.05) is 48.6 Å². The van der Waals surface area contributed by atoms with Crippen LogP contribution in [0.25, 0.3) is 5.70 Å². The number of hydrogen-bond acceptors (Lipinski definition) is 9. The van der Waals surface area contributed by atoms with E-state index in [1.165, 1.54) is 12.1 Å². The van der Waals surface area contributed by atoms with Gasteiger partial charge in [-0.2, -0.15) is 5.10 Å². The van der Waals surface area contributed by atoms with Crippen LogP contribution in [0.2, 0.25) is 0 Å². The summed E-state index contributed by atoms with van der Waals surface area (Å²) in [6.07, 6.45) is 6.52. The lowest BCUT2D eigenvalue weighted by atomic mass is 9.86. The Morgan fingerprint density at radius 1 is 1.13 bits per heavy atom. The predicted molar refractivity (Wildman–Crippen MR) is 181 cm³/mol. The highest BCUT2D eigenvalue weighted by Gasteiger charge is 2.24. The summed E-state index contributed by atoms with van der Waals surface area (Å²) in [5.41, 5.74) is 11.5. The maximum Gasteiger partial charge on any atom is 0.255 e. The highest BCUT2D eigenvalue weighted by molar-refractivity contribution is 7.92. The van der Waals surface area contributed by atoms with Crippen LogP contribution in [0.3, 0.4) is 0 Å². The van der Waals surface area contributed by atoms with Crippen molar-refractivity contribution in [3.8, 4) is 5.75 Å². The number of hydrazine groups is 1. The van der Waals surface area contributed by atoms with Crippen LogP contribution in [0.4, 0.5) is 17.1 Å². The Morgan fingerprint density at radius 3 is 2.38 bits per heavy atom. The zero-order valence-electron chi connectivity index (χ0n) is 27.4. The number of hydrogen-bond donors (Lipinski definition) is 4. The summed E-state index contributed by atoms with van der Waals surface area (Å²) < 4.78 is 34.3. The quantitative estimate of drug-likeness (QED) is 0.197. The highest BCUT2D eigenvalue weighted by Crippen LogP contribution is 2.39. The Labute approximate surface area is 266 Å². The molecule has 0 saturated carbocycles. The fraction of sp³-hybridized carbons (Fsp3) is 0.438. The van der Waals surface area contributed by atoms with Gasteiger partial charge in [0.15, 0.2) is 5.75 Å². The minimum Gasteiger partial charge on any atom is -0.492 e. The molecule has 1 aliphatic heterocycles. The Morgan fingerprint density at radius 2 is 1.78 bits per heavy atom. The molecule has 13 heteroatoms. The predicted octanol–water partition coefficient (Wildman–Crippen LogP) is 4.33. The van der Waals surface area contributed by atoms with E-state index in [0.29, 0.717) is 28.7 Å². The maximum atomic E-state index is 13.6. The summed E-state index contributed by atoms with van der Waals surface area (Å²) in [5.74, 6) is 6.26. The van der Waals surface area contributed by atoms with E-state index < -0.39 is 15.9 Å². The van der Waals surface area contributed by atoms with Gasteiger partial charge in [-0.1, -0.05) is 26.8 Å². The van der Waals surface area contributed by atoms with E-state index in [1.807, 2.05) is 34.6 Å². The molecule has 0 spiro atoms. The lowest BCUT2D eigenvalue weighted by Gasteiger charge is -2.29. The first-order valence-corrected chi connectivity index (χ1v) is 16.7. The number of methoxy groups -OCH3 is 1. The largest absolute Gasteiger partial charge is 0.492 e. The van der Waals surface area contributed by atoms with E-state index in [9.17, 15) is 13.2 Å². The van der Waals surface area contributed by atoms with Crippen molar-refractivity contribution in [1.82, 2.24) is 14.7 Å². The summed E-state index contributed by atoms with van der Waals surface area (Å²) in [6, 6.07) is 9.00. The van der Waals surface area contributed by atoms with E-state index in [-0.39, 0.29) is 16.9 Å². The van der Waals surface area contributed by atoms with E-state index in [0.717, 1.165) is 54.6 Å². The van der Waals surface area contributed by atoms with Crippen LogP contribution >= 0.6 is 0 Å². The van der Waals surface area contributed by atoms with Crippen molar-refractivity contribution >= 4 is 38.7 Å². The first-order valence-electron chi connectivity index (χ1n) is 14.8. The molecule has 12 nitrogen and oxygen atoms in total. The third-order valence-electron chi connectivity index (χ3n) is 8.12. The summed E-state index contributed by atoms with van der Waals surface area (Å²) in [6.45, 7) is 11.9. The summed E-state index contributed by atoms with van der Waals surface area (Å²) >= 11 is 0. The molecule has 1 fully saturated rings. The van der Waals surface area contributed by atoms with Crippen LogP contribution < -0.4 is 31.4 Å². The second-order valence-corrected chi connectivity index (χ2v) is 14.5. The maximum absolute atomic E-state index is 13.6. The number of nitrogens with two attached hydrogens (primary N) is 2. The minimum absolute atomic E-state index is 0.196. The number of ether oxygens (including phenoxy) is 1. The Balaban J connectivity index is 1.61. The molecular formula is C32H46N8O4S. The number of carbonyl (C=O) groups excluding carboxylic acids is 1. The zero-order valence-corrected chi connectivity index (χ0v) is 28.2. The van der Waals surface area contributed by atoms with Crippen LogP contribution in [-0.2, 0) is 15.4 Å². The highest BCUT2D eigenvalue weighted by atomic mass is 32.2. The summed E-state index contributed by atoms with van der Waals surface area (Å²) in [5, 5.41) is 8.94. The minimum atomic E-state index is -3.61. The van der Waals surface area contributed by atoms with Crippen molar-refractivity contribution in [2.45, 2.75) is 58.9 Å². The number of aryl methyl sites for hydroxylation is 1. The van der Waals surface area contributed by atoms with Crippen LogP contribution in [0, 0.1) is 13.8 Å². The van der Waals surface area contributed by atoms with Gasteiger partial charge >= 0.3 is 0 Å². The van der Waals surface area contributed by atoms with Gasteiger partial charge in [0, 0.05) is 23.0 Å². The monoisotopic (exact) mass is 638 g/mol. The number of sulfonamides is 1. The number of piperidine rings is 1. The zero-order chi connectivity index (χ0) is 33.3. The molecule has 0 atom stereocenters. The van der Waals surface area contributed by atoms with Crippen LogP contribution in [-0.4, -0.2) is 62.5 Å². The molecule has 6 N–H and O–H groups in total. The van der Waals surface area contributed by atoms with Gasteiger partial charge in [0.05, 0.1) is 48.4 Å². The number of rotatable bonds is 9. The Bertz CT molecular complexity index is 1700. The third-order valence-corrected chi connectivity index (χ3v) is 8.71. The number of aromatic nitrogens is 2. The lowest BCUT2D eigenvalue weighted by molar-refractivity contribution is 0.102. The Kier molecular flexibility index (Phi) is 9.85. The fourth-order valence-corrected chi connectivity index (χ4v) is 6.03. The van der Waals surface area contributed by atoms with Gasteiger partial charge in [-0.05, 0) is 87.6 Å². The van der Waals surface area contributed by atoms with Gasteiger partial charge in [0.2, 0.25) is 10.0 Å². The Hall–Kier alpha value is -4.07. The number of carbonyl (C=O) groups is 1. The van der Waals surface area contributed by atoms with Gasteiger partial charge in [-0.25, -0.2) is 14.3 Å². The molecule has 244 valence electrons. The molecule has 0 unspecified atom stereocenters. The topological polar surface area (TPSA) is 161 Å². The van der Waals surface area contributed by atoms with Crippen LogP contribution in [0.1, 0.15) is 72.4 Å². The van der Waals surface area contributed by atoms with Gasteiger partial charge in [-0.3, -0.25) is 19.2 Å². The molecule has 1 aromatic heterocycles. The molecule has 3 aromatic rings. The van der Waals surface area contributed by atoms with E-state index in [1.54, 1.807) is 42.7 Å². The second-order valence-electron chi connectivity index (χ2n) is 12.8. The second kappa shape index (κ2) is 13.1. The van der Waals surface area contributed by atoms with Crippen molar-refractivity contribution in [1.29, 1.82) is 0 Å². The SMILES string of the molecule is COc1c(NC(=O)c2ccc(C)c(N(N)/C=C(\N)c3cnn(C4CCN(C)CC4)c3C)c2)cc(C(C)(C)C)cc1NS(C)(=O)=O. The smallest absolute Gasteiger partial charge is 0.255 e. The molecule has 4 rings (SSSR count). The molecule has 1 saturated heterocycles. The summed E-state index contributed by atoms with van der Waals surface area (Å²) in [4.78, 5) is 15.9. The van der Waals surface area contributed by atoms with Crippen molar-refractivity contribution < 1.29 is 17.9 Å². The van der Waals surface area contributed by atoms with E-state index in [4.69, 9.17) is 16.3 Å². The number of benzene rings is 2. The van der Waals surface area contributed by atoms with E-state index >= 15 is 0 Å². The molecular weight excluding hydrogens is 592 g/mol. The van der Waals surface area contributed by atoms with Crippen molar-refractivity contribution in [3.05, 3.63) is 70.7 Å². The average molecular weight is 639 g/mol. The van der Waals surface area contributed by atoms with Crippen LogP contribution in [0.5, 0.6) is 5.75 Å². The van der Waals surface area contributed by atoms with Gasteiger partial charge in [0.25, 0.3) is 5.91 Å². The lowest BCUT2D eigenvalue weighted by Crippen LogP contribution is -2.32. The summed E-state index contributed by atoms with van der Waals surface area (Å²) in [7, 11) is -0.0652. The first kappa shape index (κ1) is 33.8. The number of anilines is 3.